The average molecular weight is 296 g/mol. The molecule has 0 aliphatic rings. The second-order valence-corrected chi connectivity index (χ2v) is 5.69. The van der Waals surface area contributed by atoms with Gasteiger partial charge in [0.15, 0.2) is 0 Å². The van der Waals surface area contributed by atoms with Crippen molar-refractivity contribution in [1.29, 1.82) is 0 Å². The normalized spacial score (nSPS) is 10.9. The van der Waals surface area contributed by atoms with Crippen molar-refractivity contribution in [1.82, 2.24) is 19.9 Å². The Hall–Kier alpha value is -2.11. The SMILES string of the molecule is c1ccc(CN(Cc2ccccn2)Cc2nccs2)nc1. The maximum Gasteiger partial charge on any atom is 0.107 e. The molecular formula is C16H16N4S. The van der Waals surface area contributed by atoms with Crippen LogP contribution in [0, 0.1) is 0 Å². The van der Waals surface area contributed by atoms with Gasteiger partial charge in [0.2, 0.25) is 0 Å². The van der Waals surface area contributed by atoms with Crippen LogP contribution in [0.25, 0.3) is 0 Å². The molecule has 5 heteroatoms. The molecule has 21 heavy (non-hydrogen) atoms. The highest BCUT2D eigenvalue weighted by molar-refractivity contribution is 7.09. The minimum Gasteiger partial charge on any atom is -0.285 e. The second kappa shape index (κ2) is 7.06. The van der Waals surface area contributed by atoms with Gasteiger partial charge in [-0.15, -0.1) is 11.3 Å². The Labute approximate surface area is 128 Å². The summed E-state index contributed by atoms with van der Waals surface area (Å²) in [4.78, 5) is 15.5. The predicted molar refractivity (Wildman–Crippen MR) is 83.5 cm³/mol. The molecule has 4 nitrogen and oxygen atoms in total. The zero-order valence-corrected chi connectivity index (χ0v) is 12.4. The van der Waals surface area contributed by atoms with E-state index in [0.717, 1.165) is 36.0 Å². The smallest absolute Gasteiger partial charge is 0.107 e. The van der Waals surface area contributed by atoms with Gasteiger partial charge in [0, 0.05) is 37.1 Å². The molecule has 0 bridgehead atoms. The predicted octanol–water partition coefficient (Wildman–Crippen LogP) is 3.14. The van der Waals surface area contributed by atoms with Crippen molar-refractivity contribution in [2.24, 2.45) is 0 Å². The van der Waals surface area contributed by atoms with E-state index >= 15 is 0 Å². The van der Waals surface area contributed by atoms with Crippen LogP contribution in [0.2, 0.25) is 0 Å². The third-order valence-electron chi connectivity index (χ3n) is 3.07. The largest absolute Gasteiger partial charge is 0.285 e. The Morgan fingerprint density at radius 2 is 1.43 bits per heavy atom. The highest BCUT2D eigenvalue weighted by Crippen LogP contribution is 2.13. The van der Waals surface area contributed by atoms with E-state index in [-0.39, 0.29) is 0 Å². The Morgan fingerprint density at radius 3 is 1.90 bits per heavy atom. The first-order valence-electron chi connectivity index (χ1n) is 6.81. The molecule has 0 fully saturated rings. The van der Waals surface area contributed by atoms with Crippen molar-refractivity contribution in [2.45, 2.75) is 19.6 Å². The Kier molecular flexibility index (Phi) is 4.66. The molecule has 0 saturated heterocycles. The molecular weight excluding hydrogens is 280 g/mol. The molecule has 0 spiro atoms. The summed E-state index contributed by atoms with van der Waals surface area (Å²) in [6.07, 6.45) is 5.51. The number of nitrogens with zero attached hydrogens (tertiary/aromatic N) is 4. The van der Waals surface area contributed by atoms with Crippen molar-refractivity contribution in [3.8, 4) is 0 Å². The Morgan fingerprint density at radius 1 is 0.762 bits per heavy atom. The van der Waals surface area contributed by atoms with Crippen LogP contribution in [0.4, 0.5) is 0 Å². The molecule has 0 N–H and O–H groups in total. The highest BCUT2D eigenvalue weighted by atomic mass is 32.1. The molecule has 0 saturated carbocycles. The van der Waals surface area contributed by atoms with Crippen molar-refractivity contribution in [3.05, 3.63) is 76.8 Å². The number of pyridine rings is 2. The van der Waals surface area contributed by atoms with Crippen molar-refractivity contribution in [3.63, 3.8) is 0 Å². The second-order valence-electron chi connectivity index (χ2n) is 4.71. The number of thiazole rings is 1. The summed E-state index contributed by atoms with van der Waals surface area (Å²) in [6, 6.07) is 12.0. The summed E-state index contributed by atoms with van der Waals surface area (Å²) in [5, 5.41) is 3.12. The molecule has 3 aromatic heterocycles. The van der Waals surface area contributed by atoms with Crippen molar-refractivity contribution >= 4 is 11.3 Å². The van der Waals surface area contributed by atoms with Crippen LogP contribution in [0.5, 0.6) is 0 Å². The fourth-order valence-electron chi connectivity index (χ4n) is 2.13. The van der Waals surface area contributed by atoms with Crippen LogP contribution in [0.3, 0.4) is 0 Å². The van der Waals surface area contributed by atoms with Gasteiger partial charge in [0.1, 0.15) is 5.01 Å². The van der Waals surface area contributed by atoms with Gasteiger partial charge in [-0.1, -0.05) is 12.1 Å². The van der Waals surface area contributed by atoms with E-state index in [1.54, 1.807) is 11.3 Å². The number of aromatic nitrogens is 3. The van der Waals surface area contributed by atoms with E-state index in [0.29, 0.717) is 0 Å². The molecule has 3 heterocycles. The van der Waals surface area contributed by atoms with Crippen LogP contribution in [0.15, 0.2) is 60.4 Å². The molecule has 106 valence electrons. The maximum atomic E-state index is 4.41. The summed E-state index contributed by atoms with van der Waals surface area (Å²) in [6.45, 7) is 2.39. The lowest BCUT2D eigenvalue weighted by Gasteiger charge is -2.20. The van der Waals surface area contributed by atoms with Crippen LogP contribution >= 0.6 is 11.3 Å². The van der Waals surface area contributed by atoms with Gasteiger partial charge in [-0.2, -0.15) is 0 Å². The summed E-state index contributed by atoms with van der Waals surface area (Å²) in [7, 11) is 0. The number of hydrogen-bond donors (Lipinski definition) is 0. The van der Waals surface area contributed by atoms with E-state index in [1.165, 1.54) is 0 Å². The van der Waals surface area contributed by atoms with Gasteiger partial charge >= 0.3 is 0 Å². The fourth-order valence-corrected chi connectivity index (χ4v) is 2.79. The fraction of sp³-hybridized carbons (Fsp3) is 0.188. The van der Waals surface area contributed by atoms with Gasteiger partial charge in [-0.05, 0) is 24.3 Å². The quantitative estimate of drug-likeness (QED) is 0.701. The van der Waals surface area contributed by atoms with Crippen molar-refractivity contribution in [2.75, 3.05) is 0 Å². The van der Waals surface area contributed by atoms with E-state index in [2.05, 4.69) is 19.9 Å². The van der Waals surface area contributed by atoms with E-state index < -0.39 is 0 Å². The zero-order chi connectivity index (χ0) is 14.3. The summed E-state index contributed by atoms with van der Waals surface area (Å²) >= 11 is 1.68. The van der Waals surface area contributed by atoms with Crippen molar-refractivity contribution < 1.29 is 0 Å². The van der Waals surface area contributed by atoms with Crippen LogP contribution in [-0.2, 0) is 19.6 Å². The topological polar surface area (TPSA) is 41.9 Å². The van der Waals surface area contributed by atoms with Crippen LogP contribution in [0.1, 0.15) is 16.4 Å². The summed E-state index contributed by atoms with van der Waals surface area (Å²) < 4.78 is 0. The highest BCUT2D eigenvalue weighted by Gasteiger charge is 2.10. The summed E-state index contributed by atoms with van der Waals surface area (Å²) in [5.74, 6) is 0. The number of rotatable bonds is 6. The minimum atomic E-state index is 0.789. The molecule has 0 aliphatic carbocycles. The van der Waals surface area contributed by atoms with Crippen LogP contribution in [-0.4, -0.2) is 19.9 Å². The zero-order valence-electron chi connectivity index (χ0n) is 11.6. The van der Waals surface area contributed by atoms with E-state index in [1.807, 2.05) is 60.4 Å². The lowest BCUT2D eigenvalue weighted by atomic mass is 10.3. The Bertz CT molecular complexity index is 599. The van der Waals surface area contributed by atoms with Gasteiger partial charge in [0.25, 0.3) is 0 Å². The lowest BCUT2D eigenvalue weighted by molar-refractivity contribution is 0.241. The maximum absolute atomic E-state index is 4.41. The first-order chi connectivity index (χ1) is 10.4. The lowest BCUT2D eigenvalue weighted by Crippen LogP contribution is -2.23. The molecule has 0 unspecified atom stereocenters. The van der Waals surface area contributed by atoms with Gasteiger partial charge in [0.05, 0.1) is 17.9 Å². The molecule has 0 aliphatic heterocycles. The third-order valence-corrected chi connectivity index (χ3v) is 3.83. The average Bonchev–Trinajstić information content (AvgIpc) is 3.02. The third kappa shape index (κ3) is 4.18. The monoisotopic (exact) mass is 296 g/mol. The summed E-state index contributed by atoms with van der Waals surface area (Å²) in [5.41, 5.74) is 2.12. The minimum absolute atomic E-state index is 0.789. The molecule has 0 atom stereocenters. The Balaban J connectivity index is 1.74. The molecule has 0 radical (unpaired) electrons. The first kappa shape index (κ1) is 13.9. The number of hydrogen-bond acceptors (Lipinski definition) is 5. The van der Waals surface area contributed by atoms with Gasteiger partial charge in [-0.25, -0.2) is 4.98 Å². The first-order valence-corrected chi connectivity index (χ1v) is 7.68. The van der Waals surface area contributed by atoms with E-state index in [9.17, 15) is 0 Å². The molecule has 3 rings (SSSR count). The molecule has 0 amide bonds. The van der Waals surface area contributed by atoms with E-state index in [4.69, 9.17) is 0 Å². The molecule has 3 aromatic rings. The van der Waals surface area contributed by atoms with Gasteiger partial charge < -0.3 is 0 Å². The molecule has 0 aromatic carbocycles. The standard InChI is InChI=1S/C16H16N4S/c1-3-7-17-14(5-1)11-20(13-16-19-9-10-21-16)12-15-6-2-4-8-18-15/h1-10H,11-13H2. The van der Waals surface area contributed by atoms with Crippen LogP contribution < -0.4 is 0 Å². The van der Waals surface area contributed by atoms with Gasteiger partial charge in [-0.3, -0.25) is 14.9 Å².